The molecule has 2 fully saturated rings. The Morgan fingerprint density at radius 3 is 2.89 bits per heavy atom. The number of aromatic amines is 1. The second-order valence-electron chi connectivity index (χ2n) is 6.07. The largest absolute Gasteiger partial charge is 0.471 e. The number of aromatic nitrogens is 4. The molecule has 1 unspecified atom stereocenters. The van der Waals surface area contributed by atoms with Gasteiger partial charge in [-0.25, -0.2) is 9.55 Å². The molecule has 0 amide bonds. The number of hydrogen-bond donors (Lipinski definition) is 5. The quantitative estimate of drug-likeness (QED) is 0.203. The maximum atomic E-state index is 11.9. The zero-order valence-electron chi connectivity index (χ0n) is 13.3. The van der Waals surface area contributed by atoms with Crippen LogP contribution in [0.25, 0.3) is 11.2 Å². The fourth-order valence-electron chi connectivity index (χ4n) is 3.14. The van der Waals surface area contributed by atoms with Crippen molar-refractivity contribution in [3.05, 3.63) is 16.7 Å². The summed E-state index contributed by atoms with van der Waals surface area (Å²) in [6, 6.07) is 1.70. The molecule has 2 aliphatic heterocycles. The number of nitrogen functional groups attached to an aromatic ring is 1. The summed E-state index contributed by atoms with van der Waals surface area (Å²) in [5, 5.41) is 20.1. The molecular formula is C11H12BN6O8P. The average molecular weight is 398 g/mol. The maximum absolute atomic E-state index is 11.9. The van der Waals surface area contributed by atoms with Gasteiger partial charge in [-0.3, -0.25) is 18.9 Å². The minimum Gasteiger partial charge on any atom is -0.408 e. The number of H-pyrrole nitrogens is 1. The van der Waals surface area contributed by atoms with Crippen LogP contribution in [-0.4, -0.2) is 59.3 Å². The van der Waals surface area contributed by atoms with Crippen molar-refractivity contribution in [2.24, 2.45) is 0 Å². The first-order valence-electron chi connectivity index (χ1n) is 7.50. The molecule has 2 aromatic rings. The summed E-state index contributed by atoms with van der Waals surface area (Å²) in [5.74, 6) is -0.175. The highest BCUT2D eigenvalue weighted by molar-refractivity contribution is 7.46. The number of phosphoric ester groups is 1. The van der Waals surface area contributed by atoms with Crippen LogP contribution in [0.1, 0.15) is 12.6 Å². The molecule has 0 aliphatic carbocycles. The van der Waals surface area contributed by atoms with Gasteiger partial charge in [0.1, 0.15) is 18.4 Å². The first-order chi connectivity index (χ1) is 12.6. The molecule has 2 aromatic heterocycles. The summed E-state index contributed by atoms with van der Waals surface area (Å²) in [6.45, 7) is 0. The van der Waals surface area contributed by atoms with E-state index in [1.54, 1.807) is 6.07 Å². The van der Waals surface area contributed by atoms with Crippen molar-refractivity contribution in [2.75, 3.05) is 5.73 Å². The molecule has 4 heterocycles. The Bertz CT molecular complexity index is 1070. The molecule has 0 saturated carbocycles. The van der Waals surface area contributed by atoms with Gasteiger partial charge in [-0.15, -0.1) is 0 Å². The number of aliphatic hydroxyl groups excluding tert-OH is 1. The summed E-state index contributed by atoms with van der Waals surface area (Å²) in [5.41, 5.74) is 0.595. The highest BCUT2D eigenvalue weighted by Crippen LogP contribution is 2.56. The number of nitrogens with one attached hydrogen (secondary N) is 1. The van der Waals surface area contributed by atoms with Crippen molar-refractivity contribution in [3.63, 3.8) is 0 Å². The predicted molar refractivity (Wildman–Crippen MR) is 85.7 cm³/mol. The van der Waals surface area contributed by atoms with E-state index < -0.39 is 37.0 Å². The van der Waals surface area contributed by atoms with E-state index in [0.29, 0.717) is 0 Å². The van der Waals surface area contributed by atoms with Crippen LogP contribution < -0.4 is 11.3 Å². The molecule has 4 atom stereocenters. The number of aliphatic hydroxyl groups is 1. The van der Waals surface area contributed by atoms with Gasteiger partial charge in [0, 0.05) is 6.42 Å². The summed E-state index contributed by atoms with van der Waals surface area (Å²) in [4.78, 5) is 40.2. The lowest BCUT2D eigenvalue weighted by molar-refractivity contribution is -0.170. The van der Waals surface area contributed by atoms with Gasteiger partial charge in [-0.05, 0) is 0 Å². The number of anilines is 1. The van der Waals surface area contributed by atoms with Gasteiger partial charge >= 0.3 is 15.3 Å². The van der Waals surface area contributed by atoms with Gasteiger partial charge in [0.2, 0.25) is 17.2 Å². The summed E-state index contributed by atoms with van der Waals surface area (Å²) < 4.78 is 27.7. The van der Waals surface area contributed by atoms with Gasteiger partial charge in [0.15, 0.2) is 11.2 Å². The molecule has 6 N–H and O–H groups in total. The molecule has 0 radical (unpaired) electrons. The molecule has 142 valence electrons. The van der Waals surface area contributed by atoms with Crippen LogP contribution in [0.3, 0.4) is 0 Å². The molecule has 0 aromatic carbocycles. The van der Waals surface area contributed by atoms with Gasteiger partial charge in [0.05, 0.1) is 6.33 Å². The Kier molecular flexibility index (Phi) is 3.75. The average Bonchev–Trinajstić information content (AvgIpc) is 3.05. The van der Waals surface area contributed by atoms with Crippen molar-refractivity contribution in [1.29, 1.82) is 5.26 Å². The highest BCUT2D eigenvalue weighted by atomic mass is 31.2. The number of nitriles is 1. The molecule has 0 bridgehead atoms. The SMILES string of the molecule is N#C[C@]1(C2(OP(=O)(O)O)BO2)O[C@@H](n2cnc3c(=O)[nH]c(N)nc32)C[C@@H]1O. The van der Waals surface area contributed by atoms with Gasteiger partial charge in [0.25, 0.3) is 5.56 Å². The van der Waals surface area contributed by atoms with Crippen LogP contribution in [0.4, 0.5) is 5.95 Å². The number of nitrogens with two attached hydrogens (primary N) is 1. The first-order valence-corrected chi connectivity index (χ1v) is 9.03. The fourth-order valence-corrected chi connectivity index (χ4v) is 3.77. The minimum atomic E-state index is -5.05. The van der Waals surface area contributed by atoms with E-state index in [1.165, 1.54) is 10.9 Å². The first kappa shape index (κ1) is 18.1. The van der Waals surface area contributed by atoms with Gasteiger partial charge < -0.3 is 30.0 Å². The Hall–Kier alpha value is -2.31. The third-order valence-electron chi connectivity index (χ3n) is 4.38. The summed E-state index contributed by atoms with van der Waals surface area (Å²) in [6.07, 6.45) is -1.57. The normalized spacial score (nSPS) is 33.0. The van der Waals surface area contributed by atoms with E-state index in [9.17, 15) is 19.7 Å². The predicted octanol–water partition coefficient (Wildman–Crippen LogP) is -2.61. The topological polar surface area (TPSA) is 222 Å². The molecule has 2 saturated heterocycles. The van der Waals surface area contributed by atoms with Gasteiger partial charge in [-0.1, -0.05) is 0 Å². The number of hydrogen-bond acceptors (Lipinski definition) is 10. The van der Waals surface area contributed by atoms with E-state index in [4.69, 9.17) is 24.9 Å². The van der Waals surface area contributed by atoms with Crippen LogP contribution in [0.15, 0.2) is 11.1 Å². The van der Waals surface area contributed by atoms with Crippen LogP contribution in [0, 0.1) is 11.3 Å². The maximum Gasteiger partial charge on any atom is 0.471 e. The van der Waals surface area contributed by atoms with E-state index in [0.717, 1.165) is 0 Å². The van der Waals surface area contributed by atoms with E-state index in [1.807, 2.05) is 0 Å². The number of rotatable bonds is 4. The Labute approximate surface area is 150 Å². The smallest absolute Gasteiger partial charge is 0.408 e. The van der Waals surface area contributed by atoms with E-state index in [2.05, 4.69) is 19.5 Å². The Balaban J connectivity index is 1.74. The minimum absolute atomic E-state index is 0.0411. The third kappa shape index (κ3) is 2.66. The zero-order chi connectivity index (χ0) is 19.6. The Morgan fingerprint density at radius 1 is 1.59 bits per heavy atom. The molecule has 2 aliphatic rings. The number of fused-ring (bicyclic) bond motifs is 1. The fraction of sp³-hybridized carbons (Fsp3) is 0.455. The number of nitrogens with zero attached hydrogens (tertiary/aromatic N) is 4. The van der Waals surface area contributed by atoms with Crippen LogP contribution in [0.2, 0.25) is 0 Å². The molecule has 27 heavy (non-hydrogen) atoms. The van der Waals surface area contributed by atoms with E-state index >= 15 is 0 Å². The monoisotopic (exact) mass is 398 g/mol. The van der Waals surface area contributed by atoms with E-state index in [-0.39, 0.29) is 31.0 Å². The number of phosphoric acid groups is 1. The second-order valence-corrected chi connectivity index (χ2v) is 7.23. The standard InChI is InChI=1S/C11H12BN6O8P/c13-2-10(11(12-25-11)26-27(21,22)23)4(19)1-5(24-10)18-3-15-6-7(18)16-9(14)17-8(6)20/h3-5,12,19H,1H2,(H2,21,22,23)(H3,14,16,17,20)/t4-,5+,10-,11?/m0/s1. The molecule has 14 nitrogen and oxygen atoms in total. The Morgan fingerprint density at radius 2 is 2.30 bits per heavy atom. The number of ether oxygens (including phenoxy) is 1. The van der Waals surface area contributed by atoms with Crippen LogP contribution in [-0.2, 0) is 18.5 Å². The highest BCUT2D eigenvalue weighted by Gasteiger charge is 2.74. The molecule has 16 heteroatoms. The van der Waals surface area contributed by atoms with Crippen LogP contribution >= 0.6 is 7.82 Å². The second kappa shape index (κ2) is 5.60. The third-order valence-corrected chi connectivity index (χ3v) is 4.91. The van der Waals surface area contributed by atoms with Crippen molar-refractivity contribution < 1.29 is 33.4 Å². The van der Waals surface area contributed by atoms with Gasteiger partial charge in [-0.2, -0.15) is 10.2 Å². The van der Waals surface area contributed by atoms with Crippen molar-refractivity contribution >= 4 is 32.4 Å². The molecular weight excluding hydrogens is 386 g/mol. The lowest BCUT2D eigenvalue weighted by Gasteiger charge is -2.31. The molecule has 0 spiro atoms. The van der Waals surface area contributed by atoms with Crippen molar-refractivity contribution in [3.8, 4) is 6.07 Å². The zero-order valence-corrected chi connectivity index (χ0v) is 14.2. The lowest BCUT2D eigenvalue weighted by atomic mass is 9.80. The molecule has 4 rings (SSSR count). The lowest BCUT2D eigenvalue weighted by Crippen LogP contribution is -2.53. The summed E-state index contributed by atoms with van der Waals surface area (Å²) >= 11 is 0. The number of imidazole rings is 1. The van der Waals surface area contributed by atoms with Crippen molar-refractivity contribution in [1.82, 2.24) is 19.5 Å². The summed E-state index contributed by atoms with van der Waals surface area (Å²) in [7, 11) is -5.42. The van der Waals surface area contributed by atoms with Crippen molar-refractivity contribution in [2.45, 2.75) is 30.0 Å². The van der Waals surface area contributed by atoms with Crippen LogP contribution in [0.5, 0.6) is 0 Å².